The van der Waals surface area contributed by atoms with Gasteiger partial charge in [0.05, 0.1) is 0 Å². The van der Waals surface area contributed by atoms with Gasteiger partial charge in [0.2, 0.25) is 0 Å². The first-order valence-electron chi connectivity index (χ1n) is 12.4. The van der Waals surface area contributed by atoms with Gasteiger partial charge in [-0.25, -0.2) is 9.78 Å². The zero-order valence-corrected chi connectivity index (χ0v) is 21.1. The number of nitrogens with one attached hydrogen (secondary N) is 2. The summed E-state index contributed by atoms with van der Waals surface area (Å²) in [4.78, 5) is 31.5. The number of carboxylic acids is 1. The quantitative estimate of drug-likeness (QED) is 0.416. The zero-order valence-electron chi connectivity index (χ0n) is 21.1. The Kier molecular flexibility index (Phi) is 7.88. The van der Waals surface area contributed by atoms with E-state index in [1.807, 2.05) is 75.4 Å². The number of aryl methyl sites for hydroxylation is 3. The van der Waals surface area contributed by atoms with Crippen LogP contribution in [0.2, 0.25) is 0 Å². The van der Waals surface area contributed by atoms with Crippen LogP contribution in [0.1, 0.15) is 39.0 Å². The number of nitrogens with zero attached hydrogens (tertiary/aromatic N) is 2. The number of aromatic nitrogens is 1. The van der Waals surface area contributed by atoms with Crippen molar-refractivity contribution in [1.29, 1.82) is 0 Å². The lowest BCUT2D eigenvalue weighted by Crippen LogP contribution is -2.42. The van der Waals surface area contributed by atoms with Gasteiger partial charge in [-0.3, -0.25) is 4.79 Å². The van der Waals surface area contributed by atoms with Crippen molar-refractivity contribution in [3.05, 3.63) is 88.6 Å². The summed E-state index contributed by atoms with van der Waals surface area (Å²) < 4.78 is 0. The van der Waals surface area contributed by atoms with E-state index < -0.39 is 12.0 Å². The monoisotopic (exact) mass is 486 g/mol. The highest BCUT2D eigenvalue weighted by molar-refractivity contribution is 5.99. The summed E-state index contributed by atoms with van der Waals surface area (Å²) in [7, 11) is 0. The fraction of sp³-hybridized carbons (Fsp3) is 0.345. The van der Waals surface area contributed by atoms with Gasteiger partial charge in [0.15, 0.2) is 0 Å². The van der Waals surface area contributed by atoms with Crippen molar-refractivity contribution in [1.82, 2.24) is 10.3 Å². The van der Waals surface area contributed by atoms with Crippen molar-refractivity contribution in [3.8, 4) is 0 Å². The molecule has 2 atom stereocenters. The molecule has 1 aliphatic rings. The van der Waals surface area contributed by atoms with Crippen LogP contribution in [-0.4, -0.2) is 47.6 Å². The van der Waals surface area contributed by atoms with Gasteiger partial charge in [0.25, 0.3) is 5.91 Å². The number of rotatable bonds is 9. The first kappa shape index (κ1) is 25.2. The average Bonchev–Trinajstić information content (AvgIpc) is 3.32. The maximum absolute atomic E-state index is 12.9. The zero-order chi connectivity index (χ0) is 25.7. The fourth-order valence-electron chi connectivity index (χ4n) is 5.00. The van der Waals surface area contributed by atoms with E-state index in [2.05, 4.69) is 20.5 Å². The SMILES string of the molecule is Cc1cc(C)c(C(=O)NC(Cc2ccc(N3CCC(CNc4ccccn4)C3)cc2)C(=O)O)c(C)c1. The van der Waals surface area contributed by atoms with Crippen LogP contribution in [0, 0.1) is 26.7 Å². The fourth-order valence-corrected chi connectivity index (χ4v) is 5.00. The molecule has 0 saturated carbocycles. The van der Waals surface area contributed by atoms with E-state index >= 15 is 0 Å². The number of carbonyl (C=O) groups is 2. The van der Waals surface area contributed by atoms with E-state index in [0.717, 1.165) is 59.8 Å². The van der Waals surface area contributed by atoms with Gasteiger partial charge in [-0.2, -0.15) is 0 Å². The van der Waals surface area contributed by atoms with Crippen LogP contribution in [0.15, 0.2) is 60.8 Å². The maximum atomic E-state index is 12.9. The van der Waals surface area contributed by atoms with Crippen LogP contribution in [0.5, 0.6) is 0 Å². The van der Waals surface area contributed by atoms with Crippen LogP contribution in [0.4, 0.5) is 11.5 Å². The number of pyridine rings is 1. The lowest BCUT2D eigenvalue weighted by Gasteiger charge is -2.20. The molecule has 3 N–H and O–H groups in total. The third-order valence-electron chi connectivity index (χ3n) is 6.77. The van der Waals surface area contributed by atoms with Crippen LogP contribution >= 0.6 is 0 Å². The molecule has 4 rings (SSSR count). The maximum Gasteiger partial charge on any atom is 0.326 e. The molecule has 188 valence electrons. The molecule has 2 unspecified atom stereocenters. The largest absolute Gasteiger partial charge is 0.480 e. The van der Waals surface area contributed by atoms with Crippen LogP contribution < -0.4 is 15.5 Å². The highest BCUT2D eigenvalue weighted by atomic mass is 16.4. The van der Waals surface area contributed by atoms with E-state index in [1.165, 1.54) is 0 Å². The molecule has 1 saturated heterocycles. The molecule has 0 spiro atoms. The Morgan fingerprint density at radius 2 is 1.81 bits per heavy atom. The predicted octanol–water partition coefficient (Wildman–Crippen LogP) is 4.37. The molecule has 7 heteroatoms. The Morgan fingerprint density at radius 3 is 2.44 bits per heavy atom. The number of anilines is 2. The lowest BCUT2D eigenvalue weighted by molar-refractivity contribution is -0.139. The standard InChI is InChI=1S/C29H34N4O3/c1-19-14-20(2)27(21(3)15-19)28(34)32-25(29(35)36)16-22-7-9-24(10-8-22)33-13-11-23(18-33)17-31-26-6-4-5-12-30-26/h4-10,12,14-15,23,25H,11,13,16-18H2,1-3H3,(H,30,31)(H,32,34)(H,35,36). The van der Waals surface area contributed by atoms with Crippen LogP contribution in [0.3, 0.4) is 0 Å². The number of benzene rings is 2. The van der Waals surface area contributed by atoms with E-state index in [1.54, 1.807) is 6.20 Å². The van der Waals surface area contributed by atoms with E-state index in [9.17, 15) is 14.7 Å². The molecule has 0 bridgehead atoms. The minimum Gasteiger partial charge on any atom is -0.480 e. The first-order chi connectivity index (χ1) is 17.3. The molecule has 7 nitrogen and oxygen atoms in total. The molecule has 3 aromatic rings. The van der Waals surface area contributed by atoms with Crippen LogP contribution in [-0.2, 0) is 11.2 Å². The average molecular weight is 487 g/mol. The number of hydrogen-bond donors (Lipinski definition) is 3. The molecule has 1 aliphatic heterocycles. The molecule has 0 radical (unpaired) electrons. The van der Waals surface area contributed by atoms with Gasteiger partial charge in [-0.1, -0.05) is 35.9 Å². The van der Waals surface area contributed by atoms with Crippen molar-refractivity contribution >= 4 is 23.4 Å². The van der Waals surface area contributed by atoms with Gasteiger partial charge in [-0.05, 0) is 74.1 Å². The third-order valence-corrected chi connectivity index (χ3v) is 6.77. The van der Waals surface area contributed by atoms with E-state index in [4.69, 9.17) is 0 Å². The number of hydrogen-bond acceptors (Lipinski definition) is 5. The van der Waals surface area contributed by atoms with Gasteiger partial charge in [0.1, 0.15) is 11.9 Å². The number of carbonyl (C=O) groups excluding carboxylic acids is 1. The second kappa shape index (κ2) is 11.2. The molecule has 1 amide bonds. The summed E-state index contributed by atoms with van der Waals surface area (Å²) in [6, 6.07) is 16.7. The first-order valence-corrected chi connectivity index (χ1v) is 12.4. The summed E-state index contributed by atoms with van der Waals surface area (Å²) in [6.45, 7) is 8.55. The lowest BCUT2D eigenvalue weighted by atomic mass is 9.98. The highest BCUT2D eigenvalue weighted by Crippen LogP contribution is 2.25. The van der Waals surface area contributed by atoms with Crippen LogP contribution in [0.25, 0.3) is 0 Å². The topological polar surface area (TPSA) is 94.6 Å². The number of amides is 1. The molecule has 1 aromatic heterocycles. The Balaban J connectivity index is 1.34. The number of carboxylic acid groups (broad SMARTS) is 1. The minimum atomic E-state index is -1.04. The Hall–Kier alpha value is -3.87. The summed E-state index contributed by atoms with van der Waals surface area (Å²) in [5.41, 5.74) is 5.31. The van der Waals surface area contributed by atoms with Crippen molar-refractivity contribution in [2.24, 2.45) is 5.92 Å². The third kappa shape index (κ3) is 6.22. The molecule has 2 heterocycles. The summed E-state index contributed by atoms with van der Waals surface area (Å²) in [6.07, 6.45) is 3.12. The predicted molar refractivity (Wildman–Crippen MR) is 143 cm³/mol. The van der Waals surface area contributed by atoms with E-state index in [-0.39, 0.29) is 12.3 Å². The molecular weight excluding hydrogens is 452 g/mol. The minimum absolute atomic E-state index is 0.224. The normalized spacial score (nSPS) is 16.0. The second-order valence-electron chi connectivity index (χ2n) is 9.71. The van der Waals surface area contributed by atoms with Gasteiger partial charge >= 0.3 is 5.97 Å². The molecule has 0 aliphatic carbocycles. The molecule has 36 heavy (non-hydrogen) atoms. The van der Waals surface area contributed by atoms with Crippen molar-refractivity contribution in [2.45, 2.75) is 39.7 Å². The summed E-state index contributed by atoms with van der Waals surface area (Å²) >= 11 is 0. The smallest absolute Gasteiger partial charge is 0.326 e. The highest BCUT2D eigenvalue weighted by Gasteiger charge is 2.25. The molecule has 1 fully saturated rings. The van der Waals surface area contributed by atoms with Gasteiger partial charge in [0, 0.05) is 43.5 Å². The second-order valence-corrected chi connectivity index (χ2v) is 9.71. The van der Waals surface area contributed by atoms with Gasteiger partial charge in [-0.15, -0.1) is 0 Å². The Labute approximate surface area is 212 Å². The Bertz CT molecular complexity index is 1190. The van der Waals surface area contributed by atoms with Gasteiger partial charge < -0.3 is 20.6 Å². The van der Waals surface area contributed by atoms with Crippen molar-refractivity contribution in [2.75, 3.05) is 29.9 Å². The van der Waals surface area contributed by atoms with E-state index in [0.29, 0.717) is 11.5 Å². The molecular formula is C29H34N4O3. The number of aliphatic carboxylic acids is 1. The van der Waals surface area contributed by atoms with Crippen molar-refractivity contribution in [3.63, 3.8) is 0 Å². The van der Waals surface area contributed by atoms with Crippen molar-refractivity contribution < 1.29 is 14.7 Å². The summed E-state index contributed by atoms with van der Waals surface area (Å²) in [5, 5.41) is 15.9. The Morgan fingerprint density at radius 1 is 1.08 bits per heavy atom. The molecule has 2 aromatic carbocycles. The summed E-state index contributed by atoms with van der Waals surface area (Å²) in [5.74, 6) is 0.0362.